The number of aryl methyl sites for hydroxylation is 1. The van der Waals surface area contributed by atoms with Crippen molar-refractivity contribution in [2.75, 3.05) is 0 Å². The van der Waals surface area contributed by atoms with Crippen LogP contribution in [0.3, 0.4) is 0 Å². The third-order valence-corrected chi connectivity index (χ3v) is 5.00. The minimum Gasteiger partial charge on any atom is -0.465 e. The molecule has 0 aliphatic carbocycles. The molecule has 4 rings (SSSR count). The SMILES string of the molecule is Cc1ccc(CNC(=O)[C@@H]2c3ccccc3CC(=O)N2Cc2ccccc2)o1. The van der Waals surface area contributed by atoms with Crippen LogP contribution in [0.4, 0.5) is 0 Å². The van der Waals surface area contributed by atoms with Crippen LogP contribution < -0.4 is 5.32 Å². The zero-order valence-electron chi connectivity index (χ0n) is 15.7. The van der Waals surface area contributed by atoms with Gasteiger partial charge in [0.1, 0.15) is 17.6 Å². The van der Waals surface area contributed by atoms with Crippen LogP contribution in [0, 0.1) is 6.92 Å². The Morgan fingerprint density at radius 3 is 2.57 bits per heavy atom. The Labute approximate surface area is 164 Å². The number of furan rings is 1. The molecule has 0 saturated carbocycles. The molecule has 1 atom stereocenters. The third-order valence-electron chi connectivity index (χ3n) is 5.00. The van der Waals surface area contributed by atoms with Crippen LogP contribution in [-0.2, 0) is 29.1 Å². The van der Waals surface area contributed by atoms with Crippen molar-refractivity contribution in [3.63, 3.8) is 0 Å². The summed E-state index contributed by atoms with van der Waals surface area (Å²) in [5.74, 6) is 1.24. The molecule has 0 spiro atoms. The number of nitrogens with zero attached hydrogens (tertiary/aromatic N) is 1. The molecule has 0 bridgehead atoms. The molecule has 1 aliphatic heterocycles. The van der Waals surface area contributed by atoms with E-state index < -0.39 is 6.04 Å². The van der Waals surface area contributed by atoms with Gasteiger partial charge in [-0.1, -0.05) is 54.6 Å². The molecule has 0 radical (unpaired) electrons. The largest absolute Gasteiger partial charge is 0.465 e. The van der Waals surface area contributed by atoms with Gasteiger partial charge in [-0.15, -0.1) is 0 Å². The number of hydrogen-bond acceptors (Lipinski definition) is 3. The number of carbonyl (C=O) groups excluding carboxylic acids is 2. The van der Waals surface area contributed by atoms with E-state index in [1.165, 1.54) is 0 Å². The number of hydrogen-bond donors (Lipinski definition) is 1. The van der Waals surface area contributed by atoms with Gasteiger partial charge in [0.05, 0.1) is 13.0 Å². The lowest BCUT2D eigenvalue weighted by Gasteiger charge is -2.36. The van der Waals surface area contributed by atoms with Crippen molar-refractivity contribution in [2.45, 2.75) is 32.5 Å². The van der Waals surface area contributed by atoms with Crippen LogP contribution >= 0.6 is 0 Å². The monoisotopic (exact) mass is 374 g/mol. The second kappa shape index (κ2) is 7.72. The average molecular weight is 374 g/mol. The van der Waals surface area contributed by atoms with E-state index in [4.69, 9.17) is 4.42 Å². The summed E-state index contributed by atoms with van der Waals surface area (Å²) in [5.41, 5.74) is 2.78. The Morgan fingerprint density at radius 2 is 1.82 bits per heavy atom. The molecule has 1 aromatic heterocycles. The number of benzene rings is 2. The fourth-order valence-electron chi connectivity index (χ4n) is 3.63. The second-order valence-electron chi connectivity index (χ2n) is 7.02. The van der Waals surface area contributed by atoms with E-state index in [0.717, 1.165) is 22.5 Å². The van der Waals surface area contributed by atoms with Crippen molar-refractivity contribution < 1.29 is 14.0 Å². The summed E-state index contributed by atoms with van der Waals surface area (Å²) < 4.78 is 5.54. The number of fused-ring (bicyclic) bond motifs is 1. The maximum absolute atomic E-state index is 13.1. The van der Waals surface area contributed by atoms with Gasteiger partial charge in [0, 0.05) is 6.54 Å². The molecule has 2 heterocycles. The fourth-order valence-corrected chi connectivity index (χ4v) is 3.63. The first-order valence-electron chi connectivity index (χ1n) is 9.36. The van der Waals surface area contributed by atoms with E-state index in [0.29, 0.717) is 25.3 Å². The van der Waals surface area contributed by atoms with Crippen LogP contribution in [0.2, 0.25) is 0 Å². The van der Waals surface area contributed by atoms with Gasteiger partial charge < -0.3 is 14.6 Å². The van der Waals surface area contributed by atoms with E-state index in [9.17, 15) is 9.59 Å². The first-order valence-corrected chi connectivity index (χ1v) is 9.36. The Hall–Kier alpha value is -3.34. The highest BCUT2D eigenvalue weighted by molar-refractivity contribution is 5.92. The first-order chi connectivity index (χ1) is 13.6. The molecule has 2 aromatic carbocycles. The molecular formula is C23H22N2O3. The lowest BCUT2D eigenvalue weighted by Crippen LogP contribution is -2.46. The zero-order chi connectivity index (χ0) is 19.5. The summed E-state index contributed by atoms with van der Waals surface area (Å²) in [6, 6.07) is 20.5. The molecule has 5 nitrogen and oxygen atoms in total. The maximum Gasteiger partial charge on any atom is 0.247 e. The van der Waals surface area contributed by atoms with Crippen LogP contribution in [0.15, 0.2) is 71.1 Å². The Balaban J connectivity index is 1.62. The summed E-state index contributed by atoms with van der Waals surface area (Å²) in [4.78, 5) is 27.7. The molecule has 1 N–H and O–H groups in total. The fraction of sp³-hybridized carbons (Fsp3) is 0.217. The Morgan fingerprint density at radius 1 is 1.07 bits per heavy atom. The minimum atomic E-state index is -0.659. The minimum absolute atomic E-state index is 0.0449. The van der Waals surface area contributed by atoms with Gasteiger partial charge in [-0.2, -0.15) is 0 Å². The molecule has 1 aliphatic rings. The van der Waals surface area contributed by atoms with Crippen molar-refractivity contribution in [2.24, 2.45) is 0 Å². The molecule has 0 unspecified atom stereocenters. The summed E-state index contributed by atoms with van der Waals surface area (Å²) >= 11 is 0. The maximum atomic E-state index is 13.1. The summed E-state index contributed by atoms with van der Waals surface area (Å²) in [6.07, 6.45) is 0.310. The van der Waals surface area contributed by atoms with Crippen molar-refractivity contribution in [3.8, 4) is 0 Å². The molecule has 0 fully saturated rings. The lowest BCUT2D eigenvalue weighted by molar-refractivity contribution is -0.142. The highest BCUT2D eigenvalue weighted by Gasteiger charge is 2.36. The van der Waals surface area contributed by atoms with E-state index in [-0.39, 0.29) is 11.8 Å². The first kappa shape index (κ1) is 18.0. The molecule has 0 saturated heterocycles. The van der Waals surface area contributed by atoms with Gasteiger partial charge in [0.15, 0.2) is 0 Å². The summed E-state index contributed by atoms with van der Waals surface area (Å²) in [6.45, 7) is 2.55. The molecule has 142 valence electrons. The van der Waals surface area contributed by atoms with Gasteiger partial charge in [0.2, 0.25) is 11.8 Å². The average Bonchev–Trinajstić information content (AvgIpc) is 3.13. The second-order valence-corrected chi connectivity index (χ2v) is 7.02. The lowest BCUT2D eigenvalue weighted by atomic mass is 9.91. The highest BCUT2D eigenvalue weighted by Crippen LogP contribution is 2.32. The molecule has 5 heteroatoms. The van der Waals surface area contributed by atoms with Gasteiger partial charge in [0.25, 0.3) is 0 Å². The van der Waals surface area contributed by atoms with E-state index >= 15 is 0 Å². The van der Waals surface area contributed by atoms with Gasteiger partial charge in [-0.25, -0.2) is 0 Å². The predicted octanol–water partition coefficient (Wildman–Crippen LogP) is 3.53. The van der Waals surface area contributed by atoms with Crippen LogP contribution in [0.25, 0.3) is 0 Å². The number of carbonyl (C=O) groups is 2. The normalized spacial score (nSPS) is 16.0. The van der Waals surface area contributed by atoms with E-state index in [1.807, 2.05) is 73.7 Å². The molecule has 28 heavy (non-hydrogen) atoms. The van der Waals surface area contributed by atoms with Crippen LogP contribution in [-0.4, -0.2) is 16.7 Å². The molecule has 3 aromatic rings. The van der Waals surface area contributed by atoms with Crippen LogP contribution in [0.1, 0.15) is 34.3 Å². The Bertz CT molecular complexity index is 994. The van der Waals surface area contributed by atoms with Crippen molar-refractivity contribution in [3.05, 3.63) is 94.9 Å². The smallest absolute Gasteiger partial charge is 0.247 e. The molecule has 2 amide bonds. The third kappa shape index (κ3) is 3.69. The Kier molecular flexibility index (Phi) is 4.98. The standard InChI is InChI=1S/C23H22N2O3/c1-16-11-12-19(28-16)14-24-23(27)22-20-10-6-5-9-18(20)13-21(26)25(22)15-17-7-3-2-4-8-17/h2-12,22H,13-15H2,1H3,(H,24,27)/t22-/m0/s1. The van der Waals surface area contributed by atoms with Crippen LogP contribution in [0.5, 0.6) is 0 Å². The van der Waals surface area contributed by atoms with Crippen molar-refractivity contribution in [1.82, 2.24) is 10.2 Å². The summed E-state index contributed by atoms with van der Waals surface area (Å²) in [7, 11) is 0. The summed E-state index contributed by atoms with van der Waals surface area (Å²) in [5, 5.41) is 2.93. The number of nitrogens with one attached hydrogen (secondary N) is 1. The van der Waals surface area contributed by atoms with Crippen molar-refractivity contribution >= 4 is 11.8 Å². The predicted molar refractivity (Wildman–Crippen MR) is 105 cm³/mol. The highest BCUT2D eigenvalue weighted by atomic mass is 16.3. The topological polar surface area (TPSA) is 62.6 Å². The molecular weight excluding hydrogens is 352 g/mol. The van der Waals surface area contributed by atoms with E-state index in [1.54, 1.807) is 4.90 Å². The van der Waals surface area contributed by atoms with Gasteiger partial charge in [-0.05, 0) is 35.7 Å². The van der Waals surface area contributed by atoms with E-state index in [2.05, 4.69) is 5.32 Å². The quantitative estimate of drug-likeness (QED) is 0.743. The van der Waals surface area contributed by atoms with Gasteiger partial charge >= 0.3 is 0 Å². The van der Waals surface area contributed by atoms with Crippen molar-refractivity contribution in [1.29, 1.82) is 0 Å². The number of amides is 2. The number of rotatable bonds is 5. The van der Waals surface area contributed by atoms with Gasteiger partial charge in [-0.3, -0.25) is 9.59 Å². The zero-order valence-corrected chi connectivity index (χ0v) is 15.7.